The van der Waals surface area contributed by atoms with Gasteiger partial charge in [0.1, 0.15) is 11.5 Å². The summed E-state index contributed by atoms with van der Waals surface area (Å²) in [5, 5.41) is 10.0. The standard InChI is InChI=1S/C14H17ClO4/c1-18-9-5-6-10(19-2)12(15)11(9)14(13(16)17)7-3-4-8-14/h5-6H,3-4,7-8H2,1-2H3,(H,16,17). The normalized spacial score (nSPS) is 17.2. The van der Waals surface area contributed by atoms with Crippen LogP contribution in [0.3, 0.4) is 0 Å². The zero-order chi connectivity index (χ0) is 14.0. The zero-order valence-corrected chi connectivity index (χ0v) is 11.8. The number of methoxy groups -OCH3 is 2. The molecule has 0 saturated heterocycles. The third kappa shape index (κ3) is 2.14. The van der Waals surface area contributed by atoms with Crippen LogP contribution in [0.25, 0.3) is 0 Å². The van der Waals surface area contributed by atoms with E-state index in [-0.39, 0.29) is 0 Å². The Kier molecular flexibility index (Phi) is 3.90. The lowest BCUT2D eigenvalue weighted by molar-refractivity contribution is -0.143. The van der Waals surface area contributed by atoms with Crippen LogP contribution in [-0.2, 0) is 10.2 Å². The Bertz CT molecular complexity index is 492. The second-order valence-corrected chi connectivity index (χ2v) is 5.13. The molecular formula is C14H17ClO4. The van der Waals surface area contributed by atoms with Crippen molar-refractivity contribution in [2.75, 3.05) is 14.2 Å². The lowest BCUT2D eigenvalue weighted by atomic mass is 9.78. The summed E-state index contributed by atoms with van der Waals surface area (Å²) in [5.74, 6) is 0.138. The van der Waals surface area contributed by atoms with Gasteiger partial charge in [0.05, 0.1) is 24.7 Å². The lowest BCUT2D eigenvalue weighted by Crippen LogP contribution is -2.33. The molecule has 0 unspecified atom stereocenters. The highest BCUT2D eigenvalue weighted by Gasteiger charge is 2.46. The van der Waals surface area contributed by atoms with Crippen LogP contribution in [0.4, 0.5) is 0 Å². The summed E-state index contributed by atoms with van der Waals surface area (Å²) < 4.78 is 10.5. The fraction of sp³-hybridized carbons (Fsp3) is 0.500. The van der Waals surface area contributed by atoms with Crippen molar-refractivity contribution in [3.63, 3.8) is 0 Å². The number of rotatable bonds is 4. The molecule has 4 nitrogen and oxygen atoms in total. The maximum Gasteiger partial charge on any atom is 0.314 e. The van der Waals surface area contributed by atoms with E-state index in [0.717, 1.165) is 12.8 Å². The third-order valence-corrected chi connectivity index (χ3v) is 4.23. The van der Waals surface area contributed by atoms with Crippen LogP contribution in [-0.4, -0.2) is 25.3 Å². The first-order valence-electron chi connectivity index (χ1n) is 6.21. The van der Waals surface area contributed by atoms with E-state index < -0.39 is 11.4 Å². The monoisotopic (exact) mass is 284 g/mol. The Labute approximate surface area is 117 Å². The predicted molar refractivity (Wildman–Crippen MR) is 72.3 cm³/mol. The van der Waals surface area contributed by atoms with E-state index in [1.54, 1.807) is 12.1 Å². The van der Waals surface area contributed by atoms with Crippen LogP contribution >= 0.6 is 11.6 Å². The van der Waals surface area contributed by atoms with Crippen LogP contribution in [0.2, 0.25) is 5.02 Å². The average molecular weight is 285 g/mol. The Morgan fingerprint density at radius 3 is 2.21 bits per heavy atom. The molecule has 5 heteroatoms. The minimum atomic E-state index is -0.961. The number of carbonyl (C=O) groups is 1. The quantitative estimate of drug-likeness (QED) is 0.922. The fourth-order valence-corrected chi connectivity index (χ4v) is 3.28. The third-order valence-electron chi connectivity index (χ3n) is 3.85. The van der Waals surface area contributed by atoms with Gasteiger partial charge >= 0.3 is 5.97 Å². The number of hydrogen-bond acceptors (Lipinski definition) is 3. The van der Waals surface area contributed by atoms with Crippen molar-refractivity contribution in [1.29, 1.82) is 0 Å². The van der Waals surface area contributed by atoms with Gasteiger partial charge in [-0.3, -0.25) is 4.79 Å². The van der Waals surface area contributed by atoms with Gasteiger partial charge in [0.2, 0.25) is 0 Å². The minimum absolute atomic E-state index is 0.339. The molecule has 0 bridgehead atoms. The Hall–Kier alpha value is -1.42. The molecule has 19 heavy (non-hydrogen) atoms. The van der Waals surface area contributed by atoms with Crippen molar-refractivity contribution in [3.8, 4) is 11.5 Å². The van der Waals surface area contributed by atoms with Crippen molar-refractivity contribution < 1.29 is 19.4 Å². The summed E-state index contributed by atoms with van der Waals surface area (Å²) in [5.41, 5.74) is -0.419. The Morgan fingerprint density at radius 2 is 1.74 bits per heavy atom. The lowest BCUT2D eigenvalue weighted by Gasteiger charge is -2.28. The predicted octanol–water partition coefficient (Wildman–Crippen LogP) is 3.25. The molecule has 0 spiro atoms. The molecule has 1 aliphatic carbocycles. The highest BCUT2D eigenvalue weighted by molar-refractivity contribution is 6.33. The van der Waals surface area contributed by atoms with E-state index in [9.17, 15) is 9.90 Å². The van der Waals surface area contributed by atoms with E-state index in [0.29, 0.717) is 34.9 Å². The van der Waals surface area contributed by atoms with Gasteiger partial charge in [0.25, 0.3) is 0 Å². The van der Waals surface area contributed by atoms with Gasteiger partial charge in [-0.25, -0.2) is 0 Å². The van der Waals surface area contributed by atoms with Crippen molar-refractivity contribution in [2.45, 2.75) is 31.1 Å². The summed E-state index contributed by atoms with van der Waals surface area (Å²) >= 11 is 6.34. The molecule has 1 fully saturated rings. The van der Waals surface area contributed by atoms with Crippen LogP contribution < -0.4 is 9.47 Å². The summed E-state index contributed by atoms with van der Waals surface area (Å²) in [6.45, 7) is 0. The summed E-state index contributed by atoms with van der Waals surface area (Å²) in [6.07, 6.45) is 2.91. The number of benzene rings is 1. The van der Waals surface area contributed by atoms with E-state index >= 15 is 0 Å². The second kappa shape index (κ2) is 5.29. The van der Waals surface area contributed by atoms with Gasteiger partial charge in [-0.15, -0.1) is 0 Å². The van der Waals surface area contributed by atoms with E-state index in [4.69, 9.17) is 21.1 Å². The summed E-state index contributed by atoms with van der Waals surface area (Å²) in [6, 6.07) is 3.40. The minimum Gasteiger partial charge on any atom is -0.496 e. The van der Waals surface area contributed by atoms with Crippen molar-refractivity contribution >= 4 is 17.6 Å². The molecular weight excluding hydrogens is 268 g/mol. The van der Waals surface area contributed by atoms with Crippen molar-refractivity contribution in [1.82, 2.24) is 0 Å². The molecule has 1 aromatic rings. The number of carboxylic acid groups (broad SMARTS) is 1. The van der Waals surface area contributed by atoms with Gasteiger partial charge in [-0.05, 0) is 25.0 Å². The van der Waals surface area contributed by atoms with Gasteiger partial charge in [-0.1, -0.05) is 24.4 Å². The van der Waals surface area contributed by atoms with Gasteiger partial charge in [-0.2, -0.15) is 0 Å². The van der Waals surface area contributed by atoms with Crippen LogP contribution in [0, 0.1) is 0 Å². The number of ether oxygens (including phenoxy) is 2. The van der Waals surface area contributed by atoms with Crippen molar-refractivity contribution in [2.24, 2.45) is 0 Å². The highest BCUT2D eigenvalue weighted by Crippen LogP contribution is 2.50. The molecule has 0 heterocycles. The molecule has 104 valence electrons. The SMILES string of the molecule is COc1ccc(OC)c(C2(C(=O)O)CCCC2)c1Cl. The first kappa shape index (κ1) is 14.0. The van der Waals surface area contributed by atoms with Gasteiger partial charge in [0, 0.05) is 5.56 Å². The van der Waals surface area contributed by atoms with Gasteiger partial charge in [0.15, 0.2) is 0 Å². The smallest absolute Gasteiger partial charge is 0.314 e. The summed E-state index contributed by atoms with van der Waals surface area (Å²) in [4.78, 5) is 11.8. The van der Waals surface area contributed by atoms with E-state index in [1.807, 2.05) is 0 Å². The first-order chi connectivity index (χ1) is 9.06. The number of halogens is 1. The summed E-state index contributed by atoms with van der Waals surface area (Å²) in [7, 11) is 3.03. The molecule has 0 aromatic heterocycles. The number of hydrogen-bond donors (Lipinski definition) is 1. The van der Waals surface area contributed by atoms with Crippen LogP contribution in [0.15, 0.2) is 12.1 Å². The Morgan fingerprint density at radius 1 is 1.21 bits per heavy atom. The number of carboxylic acids is 1. The molecule has 1 N–H and O–H groups in total. The van der Waals surface area contributed by atoms with E-state index in [2.05, 4.69) is 0 Å². The van der Waals surface area contributed by atoms with E-state index in [1.165, 1.54) is 14.2 Å². The van der Waals surface area contributed by atoms with Gasteiger partial charge < -0.3 is 14.6 Å². The van der Waals surface area contributed by atoms with Crippen LogP contribution in [0.1, 0.15) is 31.2 Å². The average Bonchev–Trinajstić information content (AvgIpc) is 2.88. The second-order valence-electron chi connectivity index (χ2n) is 4.75. The molecule has 1 aromatic carbocycles. The largest absolute Gasteiger partial charge is 0.496 e. The molecule has 0 atom stereocenters. The zero-order valence-electron chi connectivity index (χ0n) is 11.0. The highest BCUT2D eigenvalue weighted by atomic mass is 35.5. The number of aliphatic carboxylic acids is 1. The Balaban J connectivity index is 2.67. The first-order valence-corrected chi connectivity index (χ1v) is 6.59. The van der Waals surface area contributed by atoms with Crippen LogP contribution in [0.5, 0.6) is 11.5 Å². The fourth-order valence-electron chi connectivity index (χ4n) is 2.86. The molecule has 1 saturated carbocycles. The molecule has 0 amide bonds. The molecule has 0 aliphatic heterocycles. The molecule has 1 aliphatic rings. The topological polar surface area (TPSA) is 55.8 Å². The maximum absolute atomic E-state index is 11.8. The molecule has 2 rings (SSSR count). The molecule has 0 radical (unpaired) electrons. The maximum atomic E-state index is 11.8. The van der Waals surface area contributed by atoms with Crippen molar-refractivity contribution in [3.05, 3.63) is 22.7 Å².